The van der Waals surface area contributed by atoms with E-state index in [1.807, 2.05) is 66.7 Å². The minimum atomic E-state index is -0.501. The Morgan fingerprint density at radius 3 is 2.64 bits per heavy atom. The van der Waals surface area contributed by atoms with Crippen molar-refractivity contribution in [2.24, 2.45) is 5.16 Å². The van der Waals surface area contributed by atoms with Gasteiger partial charge in [0.2, 0.25) is 0 Å². The number of nitrogens with zero attached hydrogens (tertiary/aromatic N) is 1. The maximum atomic E-state index is 12.4. The monoisotopic (exact) mass is 459 g/mol. The van der Waals surface area contributed by atoms with Crippen LogP contribution in [0.5, 0.6) is 11.5 Å². The van der Waals surface area contributed by atoms with Crippen molar-refractivity contribution in [3.63, 3.8) is 0 Å². The highest BCUT2D eigenvalue weighted by Gasteiger charge is 2.27. The lowest BCUT2D eigenvalue weighted by atomic mass is 9.99. The van der Waals surface area contributed by atoms with Crippen molar-refractivity contribution in [1.82, 2.24) is 0 Å². The summed E-state index contributed by atoms with van der Waals surface area (Å²) in [7, 11) is 1.58. The first-order valence-corrected chi connectivity index (χ1v) is 10.7. The van der Waals surface area contributed by atoms with Gasteiger partial charge in [0.05, 0.1) is 12.7 Å². The van der Waals surface area contributed by atoms with Crippen LogP contribution in [0.3, 0.4) is 0 Å². The molecule has 0 aliphatic carbocycles. The highest BCUT2D eigenvalue weighted by Crippen LogP contribution is 2.35. The first kappa shape index (κ1) is 22.4. The molecule has 5 nitrogen and oxygen atoms in total. The first-order valence-electron chi connectivity index (χ1n) is 10.3. The quantitative estimate of drug-likeness (QED) is 0.235. The molecule has 3 aromatic rings. The van der Waals surface area contributed by atoms with E-state index in [0.29, 0.717) is 40.8 Å². The topological polar surface area (TPSA) is 57.1 Å². The summed E-state index contributed by atoms with van der Waals surface area (Å²) >= 11 is 6.09. The normalized spacial score (nSPS) is 14.1. The zero-order valence-corrected chi connectivity index (χ0v) is 18.8. The van der Waals surface area contributed by atoms with Crippen LogP contribution in [-0.4, -0.2) is 18.8 Å². The summed E-state index contributed by atoms with van der Waals surface area (Å²) in [5.74, 6) is 0.664. The van der Waals surface area contributed by atoms with E-state index in [4.69, 9.17) is 25.9 Å². The molecule has 3 aromatic carbocycles. The van der Waals surface area contributed by atoms with Gasteiger partial charge in [-0.15, -0.1) is 6.58 Å². The Morgan fingerprint density at radius 1 is 1.09 bits per heavy atom. The second kappa shape index (κ2) is 10.2. The van der Waals surface area contributed by atoms with Gasteiger partial charge < -0.3 is 14.3 Å². The molecule has 4 rings (SSSR count). The van der Waals surface area contributed by atoms with Gasteiger partial charge in [-0.25, -0.2) is 4.79 Å². The number of ether oxygens (including phenoxy) is 2. The summed E-state index contributed by atoms with van der Waals surface area (Å²) in [5, 5.41) is 4.62. The van der Waals surface area contributed by atoms with Gasteiger partial charge in [0.15, 0.2) is 11.5 Å². The molecule has 0 N–H and O–H groups in total. The van der Waals surface area contributed by atoms with Gasteiger partial charge >= 0.3 is 5.97 Å². The molecule has 0 unspecified atom stereocenters. The maximum absolute atomic E-state index is 12.4. The molecule has 1 aliphatic rings. The van der Waals surface area contributed by atoms with Crippen molar-refractivity contribution in [2.75, 3.05) is 7.11 Å². The van der Waals surface area contributed by atoms with E-state index in [2.05, 4.69) is 11.7 Å². The van der Waals surface area contributed by atoms with Gasteiger partial charge in [-0.3, -0.25) is 0 Å². The molecule has 0 saturated heterocycles. The van der Waals surface area contributed by atoms with Gasteiger partial charge in [0, 0.05) is 16.1 Å². The van der Waals surface area contributed by atoms with Crippen LogP contribution in [-0.2, 0) is 22.7 Å². The first-order chi connectivity index (χ1) is 16.1. The maximum Gasteiger partial charge on any atom is 0.368 e. The highest BCUT2D eigenvalue weighted by molar-refractivity contribution is 6.31. The van der Waals surface area contributed by atoms with Crippen LogP contribution in [0, 0.1) is 0 Å². The standard InChI is InChI=1S/C27H22ClNO4/c1-3-8-21-13-19(15-23-25(29-33-27(23)30)20-10-5-4-6-11-20)16-24(31-2)26(21)32-17-18-9-7-12-22(28)14-18/h3-7,9-16H,1,8,17H2,2H3/b23-15-. The lowest BCUT2D eigenvalue weighted by molar-refractivity contribution is -0.136. The Hall–Kier alpha value is -3.83. The average Bonchev–Trinajstić information content (AvgIpc) is 3.19. The van der Waals surface area contributed by atoms with Crippen molar-refractivity contribution in [1.29, 1.82) is 0 Å². The fourth-order valence-electron chi connectivity index (χ4n) is 3.55. The van der Waals surface area contributed by atoms with Gasteiger partial charge in [-0.1, -0.05) is 65.3 Å². The van der Waals surface area contributed by atoms with Crippen molar-refractivity contribution in [2.45, 2.75) is 13.0 Å². The van der Waals surface area contributed by atoms with E-state index in [0.717, 1.165) is 22.3 Å². The number of methoxy groups -OCH3 is 1. The van der Waals surface area contributed by atoms with Crippen molar-refractivity contribution < 1.29 is 19.1 Å². The number of allylic oxidation sites excluding steroid dienone is 1. The number of oxime groups is 1. The summed E-state index contributed by atoms with van der Waals surface area (Å²) < 4.78 is 11.7. The minimum absolute atomic E-state index is 0.332. The Bertz CT molecular complexity index is 1250. The van der Waals surface area contributed by atoms with Crippen LogP contribution in [0.4, 0.5) is 0 Å². The van der Waals surface area contributed by atoms with Gasteiger partial charge in [0.1, 0.15) is 12.3 Å². The molecule has 6 heteroatoms. The van der Waals surface area contributed by atoms with Crippen LogP contribution < -0.4 is 9.47 Å². The van der Waals surface area contributed by atoms with Crippen LogP contribution in [0.25, 0.3) is 6.08 Å². The van der Waals surface area contributed by atoms with Crippen LogP contribution in [0.15, 0.2) is 90.1 Å². The molecule has 0 radical (unpaired) electrons. The summed E-state index contributed by atoms with van der Waals surface area (Å²) in [5.41, 5.74) is 4.25. The van der Waals surface area contributed by atoms with Crippen LogP contribution >= 0.6 is 11.6 Å². The molecule has 0 spiro atoms. The fraction of sp³-hybridized carbons (Fsp3) is 0.111. The predicted octanol–water partition coefficient (Wildman–Crippen LogP) is 6.00. The van der Waals surface area contributed by atoms with E-state index >= 15 is 0 Å². The molecule has 33 heavy (non-hydrogen) atoms. The summed E-state index contributed by atoms with van der Waals surface area (Å²) in [4.78, 5) is 17.4. The molecule has 0 fully saturated rings. The minimum Gasteiger partial charge on any atom is -0.493 e. The molecule has 0 amide bonds. The lowest BCUT2D eigenvalue weighted by Crippen LogP contribution is -2.07. The van der Waals surface area contributed by atoms with Crippen molar-refractivity contribution in [3.05, 3.63) is 112 Å². The highest BCUT2D eigenvalue weighted by atomic mass is 35.5. The smallest absolute Gasteiger partial charge is 0.368 e. The second-order valence-corrected chi connectivity index (χ2v) is 7.80. The molecule has 0 atom stereocenters. The number of benzene rings is 3. The summed E-state index contributed by atoms with van der Waals surface area (Å²) in [6.45, 7) is 4.19. The third-order valence-electron chi connectivity index (χ3n) is 5.06. The zero-order chi connectivity index (χ0) is 23.2. The molecule has 166 valence electrons. The van der Waals surface area contributed by atoms with E-state index in [9.17, 15) is 4.79 Å². The third kappa shape index (κ3) is 5.16. The van der Waals surface area contributed by atoms with Gasteiger partial charge in [-0.05, 0) is 47.9 Å². The third-order valence-corrected chi connectivity index (χ3v) is 5.30. The molecular formula is C27H22ClNO4. The number of hydrogen-bond acceptors (Lipinski definition) is 5. The number of rotatable bonds is 8. The Morgan fingerprint density at radius 2 is 1.91 bits per heavy atom. The predicted molar refractivity (Wildman–Crippen MR) is 130 cm³/mol. The summed E-state index contributed by atoms with van der Waals surface area (Å²) in [6, 6.07) is 20.7. The van der Waals surface area contributed by atoms with Gasteiger partial charge in [-0.2, -0.15) is 0 Å². The molecule has 0 aromatic heterocycles. The molecule has 0 saturated carbocycles. The Kier molecular flexibility index (Phi) is 6.91. The van der Waals surface area contributed by atoms with Crippen LogP contribution in [0.2, 0.25) is 5.02 Å². The van der Waals surface area contributed by atoms with Crippen LogP contribution in [0.1, 0.15) is 22.3 Å². The van der Waals surface area contributed by atoms with Gasteiger partial charge in [0.25, 0.3) is 0 Å². The second-order valence-electron chi connectivity index (χ2n) is 7.37. The van der Waals surface area contributed by atoms with E-state index < -0.39 is 5.97 Å². The van der Waals surface area contributed by atoms with E-state index in [1.54, 1.807) is 19.3 Å². The summed E-state index contributed by atoms with van der Waals surface area (Å²) in [6.07, 6.45) is 4.10. The average molecular weight is 460 g/mol. The van der Waals surface area contributed by atoms with E-state index in [1.165, 1.54) is 0 Å². The molecule has 0 bridgehead atoms. The lowest BCUT2D eigenvalue weighted by Gasteiger charge is -2.16. The van der Waals surface area contributed by atoms with E-state index in [-0.39, 0.29) is 0 Å². The molecule has 1 heterocycles. The van der Waals surface area contributed by atoms with Crippen molar-refractivity contribution in [3.8, 4) is 11.5 Å². The number of carbonyl (C=O) groups is 1. The Labute approximate surface area is 197 Å². The van der Waals surface area contributed by atoms with Crippen molar-refractivity contribution >= 4 is 29.4 Å². The number of halogens is 1. The zero-order valence-electron chi connectivity index (χ0n) is 18.1. The largest absolute Gasteiger partial charge is 0.493 e. The number of hydrogen-bond donors (Lipinski definition) is 0. The SMILES string of the molecule is C=CCc1cc(/C=C2\C(=O)ON=C2c2ccccc2)cc(OC)c1OCc1cccc(Cl)c1. The Balaban J connectivity index is 1.69. The fourth-order valence-corrected chi connectivity index (χ4v) is 3.76. The molecular weight excluding hydrogens is 438 g/mol. The molecule has 1 aliphatic heterocycles. The number of carbonyl (C=O) groups excluding carboxylic acids is 1.